The van der Waals surface area contributed by atoms with E-state index in [1.54, 1.807) is 37.8 Å². The molecule has 2 rings (SSSR count). The predicted octanol–water partition coefficient (Wildman–Crippen LogP) is 2.49. The molecule has 0 spiro atoms. The molecule has 1 aromatic rings. The molecule has 0 aliphatic carbocycles. The minimum atomic E-state index is -0.574. The summed E-state index contributed by atoms with van der Waals surface area (Å²) in [7, 11) is 0. The summed E-state index contributed by atoms with van der Waals surface area (Å²) in [5.41, 5.74) is -0.574. The fourth-order valence-corrected chi connectivity index (χ4v) is 3.24. The third-order valence-electron chi connectivity index (χ3n) is 4.73. The summed E-state index contributed by atoms with van der Waals surface area (Å²) < 4.78 is 16.3. The summed E-state index contributed by atoms with van der Waals surface area (Å²) in [6, 6.07) is 7.28. The second kappa shape index (κ2) is 12.2. The Hall–Kier alpha value is -2.97. The number of benzene rings is 1. The average Bonchev–Trinajstić information content (AvgIpc) is 2.72. The molecule has 9 nitrogen and oxygen atoms in total. The Labute approximate surface area is 189 Å². The average molecular weight is 450 g/mol. The molecule has 9 heteroatoms. The van der Waals surface area contributed by atoms with Gasteiger partial charge in [0.2, 0.25) is 5.91 Å². The van der Waals surface area contributed by atoms with Gasteiger partial charge in [-0.3, -0.25) is 9.59 Å². The summed E-state index contributed by atoms with van der Waals surface area (Å²) in [6.45, 7) is 9.00. The standard InChI is InChI=1S/C23H35N3O6/c1-5-30-18-8-6-7-9-19(18)31-16-21(28)26-14-11-17(12-15-26)25-20(27)10-13-24-22(29)32-23(2,3)4/h6-9,17H,5,10-16H2,1-4H3,(H,24,29)(H,25,27). The molecule has 3 amide bonds. The first-order chi connectivity index (χ1) is 15.2. The molecule has 0 unspecified atom stereocenters. The number of hydrogen-bond donors (Lipinski definition) is 2. The third-order valence-corrected chi connectivity index (χ3v) is 4.73. The van der Waals surface area contributed by atoms with Gasteiger partial charge in [-0.15, -0.1) is 0 Å². The number of piperidine rings is 1. The molecular formula is C23H35N3O6. The van der Waals surface area contributed by atoms with Gasteiger partial charge in [0.1, 0.15) is 5.60 Å². The topological polar surface area (TPSA) is 106 Å². The second-order valence-electron chi connectivity index (χ2n) is 8.57. The molecular weight excluding hydrogens is 414 g/mol. The quantitative estimate of drug-likeness (QED) is 0.600. The summed E-state index contributed by atoms with van der Waals surface area (Å²) in [6.07, 6.45) is 0.980. The van der Waals surface area contributed by atoms with E-state index in [9.17, 15) is 14.4 Å². The van der Waals surface area contributed by atoms with Crippen LogP contribution in [0, 0.1) is 0 Å². The highest BCUT2D eigenvalue weighted by Gasteiger charge is 2.24. The maximum Gasteiger partial charge on any atom is 0.407 e. The Kier molecular flexibility index (Phi) is 9.61. The molecule has 32 heavy (non-hydrogen) atoms. The zero-order valence-electron chi connectivity index (χ0n) is 19.4. The van der Waals surface area contributed by atoms with Crippen molar-refractivity contribution >= 4 is 17.9 Å². The SMILES string of the molecule is CCOc1ccccc1OCC(=O)N1CCC(NC(=O)CCNC(=O)OC(C)(C)C)CC1. The Bertz CT molecular complexity index is 769. The number of nitrogens with zero attached hydrogens (tertiary/aromatic N) is 1. The van der Waals surface area contributed by atoms with Crippen molar-refractivity contribution in [3.05, 3.63) is 24.3 Å². The van der Waals surface area contributed by atoms with Crippen molar-refractivity contribution in [2.45, 2.75) is 58.6 Å². The molecule has 0 bridgehead atoms. The number of para-hydroxylation sites is 2. The van der Waals surface area contributed by atoms with Crippen molar-refractivity contribution in [1.82, 2.24) is 15.5 Å². The van der Waals surface area contributed by atoms with Crippen molar-refractivity contribution in [3.8, 4) is 11.5 Å². The van der Waals surface area contributed by atoms with Crippen LogP contribution in [-0.2, 0) is 14.3 Å². The molecule has 178 valence electrons. The van der Waals surface area contributed by atoms with Gasteiger partial charge >= 0.3 is 6.09 Å². The molecule has 1 aliphatic rings. The van der Waals surface area contributed by atoms with E-state index in [0.717, 1.165) is 0 Å². The van der Waals surface area contributed by atoms with E-state index in [1.165, 1.54) is 0 Å². The predicted molar refractivity (Wildman–Crippen MR) is 120 cm³/mol. The second-order valence-corrected chi connectivity index (χ2v) is 8.57. The van der Waals surface area contributed by atoms with Crippen LogP contribution in [0.5, 0.6) is 11.5 Å². The van der Waals surface area contributed by atoms with Gasteiger partial charge in [0.15, 0.2) is 18.1 Å². The molecule has 1 fully saturated rings. The van der Waals surface area contributed by atoms with Gasteiger partial charge in [0.25, 0.3) is 5.91 Å². The minimum absolute atomic E-state index is 0.00711. The van der Waals surface area contributed by atoms with E-state index in [0.29, 0.717) is 44.0 Å². The van der Waals surface area contributed by atoms with E-state index in [4.69, 9.17) is 14.2 Å². The Morgan fingerprint density at radius 3 is 2.28 bits per heavy atom. The molecule has 0 atom stereocenters. The van der Waals surface area contributed by atoms with Gasteiger partial charge in [-0.2, -0.15) is 0 Å². The van der Waals surface area contributed by atoms with Crippen molar-refractivity contribution in [2.75, 3.05) is 32.8 Å². The molecule has 1 aliphatic heterocycles. The monoisotopic (exact) mass is 449 g/mol. The highest BCUT2D eigenvalue weighted by atomic mass is 16.6. The number of likely N-dealkylation sites (tertiary alicyclic amines) is 1. The Morgan fingerprint density at radius 2 is 1.69 bits per heavy atom. The van der Waals surface area contributed by atoms with Gasteiger partial charge in [-0.25, -0.2) is 4.79 Å². The summed E-state index contributed by atoms with van der Waals surface area (Å²) in [5.74, 6) is 0.930. The maximum absolute atomic E-state index is 12.5. The molecule has 0 saturated carbocycles. The van der Waals surface area contributed by atoms with Crippen LogP contribution < -0.4 is 20.1 Å². The van der Waals surface area contributed by atoms with E-state index in [2.05, 4.69) is 10.6 Å². The number of ether oxygens (including phenoxy) is 3. The first-order valence-corrected chi connectivity index (χ1v) is 11.1. The number of hydrogen-bond acceptors (Lipinski definition) is 6. The van der Waals surface area contributed by atoms with Gasteiger partial charge in [-0.05, 0) is 52.7 Å². The van der Waals surface area contributed by atoms with Crippen LogP contribution in [0.1, 0.15) is 47.0 Å². The van der Waals surface area contributed by atoms with Gasteiger partial charge in [-0.1, -0.05) is 12.1 Å². The fourth-order valence-electron chi connectivity index (χ4n) is 3.24. The van der Waals surface area contributed by atoms with Crippen molar-refractivity contribution in [2.24, 2.45) is 0 Å². The Balaban J connectivity index is 1.66. The molecule has 2 N–H and O–H groups in total. The van der Waals surface area contributed by atoms with E-state index < -0.39 is 11.7 Å². The lowest BCUT2D eigenvalue weighted by Gasteiger charge is -2.32. The zero-order valence-corrected chi connectivity index (χ0v) is 19.4. The third kappa shape index (κ3) is 9.03. The number of alkyl carbamates (subject to hydrolysis) is 1. The van der Waals surface area contributed by atoms with Crippen molar-refractivity contribution < 1.29 is 28.6 Å². The van der Waals surface area contributed by atoms with Crippen molar-refractivity contribution in [1.29, 1.82) is 0 Å². The smallest absolute Gasteiger partial charge is 0.407 e. The minimum Gasteiger partial charge on any atom is -0.490 e. The van der Waals surface area contributed by atoms with Crippen LogP contribution in [0.15, 0.2) is 24.3 Å². The molecule has 1 saturated heterocycles. The van der Waals surface area contributed by atoms with Gasteiger partial charge in [0, 0.05) is 32.1 Å². The summed E-state index contributed by atoms with van der Waals surface area (Å²) in [4.78, 5) is 38.0. The number of carbonyl (C=O) groups excluding carboxylic acids is 3. The zero-order chi connectivity index (χ0) is 23.6. The fraction of sp³-hybridized carbons (Fsp3) is 0.609. The normalized spacial score (nSPS) is 14.4. The van der Waals surface area contributed by atoms with Crippen LogP contribution in [0.4, 0.5) is 4.79 Å². The number of nitrogens with one attached hydrogen (secondary N) is 2. The highest BCUT2D eigenvalue weighted by molar-refractivity contribution is 5.78. The van der Waals surface area contributed by atoms with E-state index in [-0.39, 0.29) is 37.4 Å². The number of amides is 3. The molecule has 0 aromatic heterocycles. The number of carbonyl (C=O) groups is 3. The lowest BCUT2D eigenvalue weighted by Crippen LogP contribution is -2.48. The summed E-state index contributed by atoms with van der Waals surface area (Å²) >= 11 is 0. The van der Waals surface area contributed by atoms with Gasteiger partial charge < -0.3 is 29.7 Å². The van der Waals surface area contributed by atoms with Crippen LogP contribution in [0.25, 0.3) is 0 Å². The lowest BCUT2D eigenvalue weighted by molar-refractivity contribution is -0.134. The molecule has 0 radical (unpaired) electrons. The van der Waals surface area contributed by atoms with Crippen LogP contribution in [-0.4, -0.2) is 67.3 Å². The van der Waals surface area contributed by atoms with Crippen LogP contribution >= 0.6 is 0 Å². The summed E-state index contributed by atoms with van der Waals surface area (Å²) in [5, 5.41) is 5.53. The first-order valence-electron chi connectivity index (χ1n) is 11.1. The first kappa shape index (κ1) is 25.3. The van der Waals surface area contributed by atoms with Crippen molar-refractivity contribution in [3.63, 3.8) is 0 Å². The largest absolute Gasteiger partial charge is 0.490 e. The molecule has 1 aromatic carbocycles. The van der Waals surface area contributed by atoms with Gasteiger partial charge in [0.05, 0.1) is 6.61 Å². The lowest BCUT2D eigenvalue weighted by atomic mass is 10.0. The molecule has 1 heterocycles. The van der Waals surface area contributed by atoms with Crippen LogP contribution in [0.3, 0.4) is 0 Å². The van der Waals surface area contributed by atoms with E-state index in [1.807, 2.05) is 19.1 Å². The number of rotatable bonds is 9. The Morgan fingerprint density at radius 1 is 1.06 bits per heavy atom. The van der Waals surface area contributed by atoms with Crippen LogP contribution in [0.2, 0.25) is 0 Å². The maximum atomic E-state index is 12.5. The highest BCUT2D eigenvalue weighted by Crippen LogP contribution is 2.26. The van der Waals surface area contributed by atoms with E-state index >= 15 is 0 Å².